The Kier molecular flexibility index (Phi) is 1.22. The van der Waals surface area contributed by atoms with Crippen molar-refractivity contribution in [1.82, 2.24) is 0 Å². The molecule has 2 aliphatic heterocycles. The molecular weight excluding hydrogens is 287 g/mol. The summed E-state index contributed by atoms with van der Waals surface area (Å²) in [5.74, 6) is 0. The van der Waals surface area contributed by atoms with Gasteiger partial charge >= 0.3 is 0 Å². The van der Waals surface area contributed by atoms with Crippen molar-refractivity contribution in [3.05, 3.63) is 0 Å². The summed E-state index contributed by atoms with van der Waals surface area (Å²) in [6, 6.07) is 0. The smallest absolute Gasteiger partial charge is 0.166 e. The lowest BCUT2D eigenvalue weighted by molar-refractivity contribution is 0.689. The van der Waals surface area contributed by atoms with Gasteiger partial charge in [-0.3, -0.25) is 4.21 Å². The first kappa shape index (κ1) is 7.24. The summed E-state index contributed by atoms with van der Waals surface area (Å²) >= 11 is 2.15. The van der Waals surface area contributed by atoms with E-state index < -0.39 is 4.30 Å². The molecule has 0 unspecified atom stereocenters. The highest BCUT2D eigenvalue weighted by atomic mass is 127. The summed E-state index contributed by atoms with van der Waals surface area (Å²) < 4.78 is 9.77. The van der Waals surface area contributed by atoms with Gasteiger partial charge in [0, 0.05) is 21.2 Å². The van der Waals surface area contributed by atoms with Crippen LogP contribution in [0.1, 0.15) is 19.8 Å². The summed E-state index contributed by atoms with van der Waals surface area (Å²) in [4.78, 5) is 0. The lowest BCUT2D eigenvalue weighted by Gasteiger charge is -1.89. The van der Waals surface area contributed by atoms with Gasteiger partial charge in [0.2, 0.25) is 0 Å². The predicted octanol–water partition coefficient (Wildman–Crippen LogP) is 2.93. The molecule has 5 heteroatoms. The van der Waals surface area contributed by atoms with Crippen LogP contribution in [0.4, 0.5) is 0 Å². The first-order valence-corrected chi connectivity index (χ1v) is 10.0. The monoisotopic (exact) mass is 294 g/mol. The number of rotatable bonds is 2. The van der Waals surface area contributed by atoms with Crippen LogP contribution in [0.15, 0.2) is 0 Å². The zero-order chi connectivity index (χ0) is 6.78. The van der Waals surface area contributed by atoms with Gasteiger partial charge in [0.1, 0.15) is 0 Å². The minimum atomic E-state index is -2.04. The molecule has 0 saturated carbocycles. The van der Waals surface area contributed by atoms with E-state index in [9.17, 15) is 4.21 Å². The molecule has 2 fully saturated rings. The highest BCUT2D eigenvalue weighted by molar-refractivity contribution is 14.2. The Bertz CT molecular complexity index is 226. The van der Waals surface area contributed by atoms with Crippen molar-refractivity contribution >= 4 is 47.1 Å². The number of halogens is 1. The standard InChI is InChI=1S/C4H7IOS3/c1-2-3-4-7-9(4,5,6)8-4/h2-3H2,1H3. The van der Waals surface area contributed by atoms with E-state index in [2.05, 4.69) is 28.1 Å². The minimum Gasteiger partial charge on any atom is -0.250 e. The van der Waals surface area contributed by atoms with Gasteiger partial charge in [-0.05, 0) is 28.0 Å². The van der Waals surface area contributed by atoms with Crippen LogP contribution in [-0.4, -0.2) is 7.62 Å². The summed E-state index contributed by atoms with van der Waals surface area (Å²) in [6.07, 6.45) is 2.30. The van der Waals surface area contributed by atoms with Crippen LogP contribution in [0.25, 0.3) is 0 Å². The molecule has 2 aliphatic rings. The molecule has 0 radical (unpaired) electrons. The van der Waals surface area contributed by atoms with Gasteiger partial charge < -0.3 is 0 Å². The van der Waals surface area contributed by atoms with Gasteiger partial charge in [0.15, 0.2) is 3.41 Å². The van der Waals surface area contributed by atoms with Crippen LogP contribution in [-0.2, 0) is 4.30 Å². The van der Waals surface area contributed by atoms with Gasteiger partial charge in [0.25, 0.3) is 0 Å². The van der Waals surface area contributed by atoms with E-state index in [-0.39, 0.29) is 3.41 Å². The summed E-state index contributed by atoms with van der Waals surface area (Å²) in [6.45, 7) is 2.15. The van der Waals surface area contributed by atoms with E-state index in [0.29, 0.717) is 0 Å². The van der Waals surface area contributed by atoms with E-state index in [1.54, 1.807) is 21.6 Å². The van der Waals surface area contributed by atoms with Crippen LogP contribution in [0.3, 0.4) is 0 Å². The van der Waals surface area contributed by atoms with Crippen LogP contribution >= 0.6 is 42.8 Å². The van der Waals surface area contributed by atoms with Crippen molar-refractivity contribution < 1.29 is 4.21 Å². The van der Waals surface area contributed by atoms with Crippen LogP contribution < -0.4 is 0 Å². The Hall–Kier alpha value is 1.58. The summed E-state index contributed by atoms with van der Waals surface area (Å²) in [5.41, 5.74) is 0. The van der Waals surface area contributed by atoms with Crippen molar-refractivity contribution in [1.29, 1.82) is 0 Å². The van der Waals surface area contributed by atoms with Gasteiger partial charge in [-0.1, -0.05) is 13.3 Å². The average molecular weight is 294 g/mol. The van der Waals surface area contributed by atoms with Crippen molar-refractivity contribution in [3.63, 3.8) is 0 Å². The maximum atomic E-state index is 11.6. The van der Waals surface area contributed by atoms with Gasteiger partial charge in [-0.15, -0.1) is 0 Å². The Morgan fingerprint density at radius 1 is 1.67 bits per heavy atom. The molecule has 0 aromatic carbocycles. The molecule has 0 aromatic heterocycles. The molecule has 0 N–H and O–H groups in total. The fourth-order valence-electron chi connectivity index (χ4n) is 0.956. The SMILES string of the molecule is CCCC12SS1(=O)(I)S2. The molecule has 0 amide bonds. The molecule has 0 bridgehead atoms. The third-order valence-electron chi connectivity index (χ3n) is 1.54. The molecule has 9 heavy (non-hydrogen) atoms. The number of hydrogen-bond donors (Lipinski definition) is 0. The Morgan fingerprint density at radius 3 is 2.22 bits per heavy atom. The van der Waals surface area contributed by atoms with Crippen molar-refractivity contribution in [2.24, 2.45) is 0 Å². The van der Waals surface area contributed by atoms with E-state index in [1.807, 2.05) is 0 Å². The Labute approximate surface area is 73.9 Å². The quantitative estimate of drug-likeness (QED) is 0.337. The average Bonchev–Trinajstić information content (AvgIpc) is 2.20. The molecule has 0 spiro atoms. The summed E-state index contributed by atoms with van der Waals surface area (Å²) in [5, 5.41) is 0. The largest absolute Gasteiger partial charge is 0.250 e. The minimum absolute atomic E-state index is 0.215. The predicted molar refractivity (Wildman–Crippen MR) is 55.0 cm³/mol. The van der Waals surface area contributed by atoms with E-state index >= 15 is 0 Å². The van der Waals surface area contributed by atoms with Crippen LogP contribution in [0.2, 0.25) is 0 Å². The van der Waals surface area contributed by atoms with Crippen molar-refractivity contribution in [2.45, 2.75) is 23.2 Å². The van der Waals surface area contributed by atoms with Crippen LogP contribution in [0.5, 0.6) is 0 Å². The number of hydrogen-bond acceptors (Lipinski definition) is 3. The topological polar surface area (TPSA) is 17.1 Å². The second kappa shape index (κ2) is 1.51. The fourth-order valence-corrected chi connectivity index (χ4v) is 23.2. The molecule has 1 nitrogen and oxygen atoms in total. The third kappa shape index (κ3) is 0.724. The zero-order valence-corrected chi connectivity index (χ0v) is 9.53. The second-order valence-electron chi connectivity index (χ2n) is 2.32. The number of fused-ring (bicyclic) bond motifs is 1. The fraction of sp³-hybridized carbons (Fsp3) is 1.00. The highest BCUT2D eigenvalue weighted by Crippen LogP contribution is 3.07. The molecule has 54 valence electrons. The maximum absolute atomic E-state index is 11.6. The first-order valence-electron chi connectivity index (χ1n) is 2.83. The highest BCUT2D eigenvalue weighted by Gasteiger charge is 2.92. The van der Waals surface area contributed by atoms with E-state index in [0.717, 1.165) is 12.8 Å². The Morgan fingerprint density at radius 2 is 2.11 bits per heavy atom. The van der Waals surface area contributed by atoms with Crippen LogP contribution in [0, 0.1) is 0 Å². The lowest BCUT2D eigenvalue weighted by atomic mass is 10.4. The molecular formula is C4H7IOS3. The molecule has 0 aromatic rings. The maximum Gasteiger partial charge on any atom is 0.166 e. The van der Waals surface area contributed by atoms with Gasteiger partial charge in [0.05, 0.1) is 4.30 Å². The van der Waals surface area contributed by atoms with E-state index in [1.165, 1.54) is 0 Å². The third-order valence-corrected chi connectivity index (χ3v) is 20.4. The molecule has 0 atom stereocenters. The molecule has 2 saturated heterocycles. The van der Waals surface area contributed by atoms with Crippen molar-refractivity contribution in [2.75, 3.05) is 0 Å². The molecule has 2 rings (SSSR count). The van der Waals surface area contributed by atoms with E-state index in [4.69, 9.17) is 0 Å². The summed E-state index contributed by atoms with van der Waals surface area (Å²) in [7, 11) is 3.40. The second-order valence-corrected chi connectivity index (χ2v) is 21.0. The zero-order valence-electron chi connectivity index (χ0n) is 4.93. The Balaban J connectivity index is 2.15. The van der Waals surface area contributed by atoms with Gasteiger partial charge in [-0.25, -0.2) is 0 Å². The molecule has 2 heterocycles. The normalized spacial score (nSPS) is 52.4. The first-order chi connectivity index (χ1) is 4.02. The lowest BCUT2D eigenvalue weighted by Crippen LogP contribution is -1.86. The van der Waals surface area contributed by atoms with Gasteiger partial charge in [-0.2, -0.15) is 0 Å². The van der Waals surface area contributed by atoms with Crippen molar-refractivity contribution in [3.8, 4) is 0 Å². The molecule has 0 aliphatic carbocycles.